The predicted octanol–water partition coefficient (Wildman–Crippen LogP) is 4.78. The van der Waals surface area contributed by atoms with Crippen LogP contribution in [0.5, 0.6) is 0 Å². The molecule has 1 amide bonds. The van der Waals surface area contributed by atoms with Crippen LogP contribution in [-0.2, 0) is 4.79 Å². The van der Waals surface area contributed by atoms with Crippen LogP contribution >= 0.6 is 35.0 Å². The van der Waals surface area contributed by atoms with Crippen molar-refractivity contribution in [3.8, 4) is 0 Å². The first-order valence-corrected chi connectivity index (χ1v) is 7.83. The van der Waals surface area contributed by atoms with Crippen molar-refractivity contribution in [1.82, 2.24) is 5.32 Å². The summed E-state index contributed by atoms with van der Waals surface area (Å²) in [6.07, 6.45) is 0.878. The molecule has 19 heavy (non-hydrogen) atoms. The van der Waals surface area contributed by atoms with Crippen molar-refractivity contribution in [2.24, 2.45) is 0 Å². The molecule has 0 aliphatic heterocycles. The Morgan fingerprint density at radius 2 is 1.89 bits per heavy atom. The van der Waals surface area contributed by atoms with Gasteiger partial charge < -0.3 is 5.32 Å². The average molecular weight is 320 g/mol. The van der Waals surface area contributed by atoms with E-state index in [9.17, 15) is 4.79 Å². The maximum Gasteiger partial charge on any atom is 0.233 e. The molecule has 0 aliphatic carbocycles. The number of amides is 1. The summed E-state index contributed by atoms with van der Waals surface area (Å²) in [7, 11) is 0. The third-order valence-corrected chi connectivity index (χ3v) is 5.03. The lowest BCUT2D eigenvalue weighted by Gasteiger charge is -2.26. The molecule has 106 valence electrons. The second-order valence-electron chi connectivity index (χ2n) is 5.04. The van der Waals surface area contributed by atoms with Crippen LogP contribution < -0.4 is 5.32 Å². The molecule has 1 aromatic rings. The van der Waals surface area contributed by atoms with E-state index >= 15 is 0 Å². The first-order chi connectivity index (χ1) is 8.76. The van der Waals surface area contributed by atoms with Crippen LogP contribution in [0.2, 0.25) is 10.0 Å². The van der Waals surface area contributed by atoms with Crippen LogP contribution in [0.4, 0.5) is 0 Å². The number of benzene rings is 1. The van der Waals surface area contributed by atoms with Crippen LogP contribution in [0, 0.1) is 0 Å². The van der Waals surface area contributed by atoms with E-state index < -0.39 is 0 Å². The molecule has 0 saturated heterocycles. The molecule has 5 heteroatoms. The van der Waals surface area contributed by atoms with Gasteiger partial charge >= 0.3 is 0 Å². The number of hydrogen-bond acceptors (Lipinski definition) is 2. The summed E-state index contributed by atoms with van der Waals surface area (Å²) >= 11 is 13.6. The van der Waals surface area contributed by atoms with Gasteiger partial charge in [0.25, 0.3) is 0 Å². The maximum atomic E-state index is 12.1. The summed E-state index contributed by atoms with van der Waals surface area (Å²) in [6.45, 7) is 7.91. The van der Waals surface area contributed by atoms with Crippen molar-refractivity contribution in [2.45, 2.75) is 49.8 Å². The molecule has 0 heterocycles. The van der Waals surface area contributed by atoms with Crippen LogP contribution in [0.1, 0.15) is 34.1 Å². The fourth-order valence-corrected chi connectivity index (χ4v) is 2.89. The van der Waals surface area contributed by atoms with Gasteiger partial charge in [-0.25, -0.2) is 0 Å². The Hall–Kier alpha value is -0.380. The van der Waals surface area contributed by atoms with E-state index in [0.717, 1.165) is 11.3 Å². The molecule has 1 rings (SSSR count). The van der Waals surface area contributed by atoms with Crippen LogP contribution in [0.15, 0.2) is 23.1 Å². The second kappa shape index (κ2) is 6.87. The van der Waals surface area contributed by atoms with Gasteiger partial charge in [0.05, 0.1) is 15.3 Å². The van der Waals surface area contributed by atoms with E-state index in [0.29, 0.717) is 10.0 Å². The van der Waals surface area contributed by atoms with Gasteiger partial charge in [-0.15, -0.1) is 11.8 Å². The summed E-state index contributed by atoms with van der Waals surface area (Å²) in [5.74, 6) is -0.00663. The number of halogens is 2. The standard InChI is InChI=1S/C14H19Cl2NOS/c1-5-14(3,4)17-13(18)9(2)19-12-10(15)7-6-8-11(12)16/h6-9H,5H2,1-4H3,(H,17,18). The fraction of sp³-hybridized carbons (Fsp3) is 0.500. The number of carbonyl (C=O) groups is 1. The largest absolute Gasteiger partial charge is 0.350 e. The van der Waals surface area contributed by atoms with Gasteiger partial charge in [-0.3, -0.25) is 4.79 Å². The maximum absolute atomic E-state index is 12.1. The molecule has 0 aromatic heterocycles. The van der Waals surface area contributed by atoms with Crippen molar-refractivity contribution >= 4 is 40.9 Å². The highest BCUT2D eigenvalue weighted by molar-refractivity contribution is 8.00. The fourth-order valence-electron chi connectivity index (χ4n) is 1.35. The molecule has 0 bridgehead atoms. The van der Waals surface area contributed by atoms with Crippen molar-refractivity contribution in [1.29, 1.82) is 0 Å². The molecule has 0 spiro atoms. The summed E-state index contributed by atoms with van der Waals surface area (Å²) in [4.78, 5) is 12.9. The van der Waals surface area contributed by atoms with Crippen LogP contribution in [0.25, 0.3) is 0 Å². The van der Waals surface area contributed by atoms with Gasteiger partial charge in [0.15, 0.2) is 0 Å². The molecular formula is C14H19Cl2NOS. The highest BCUT2D eigenvalue weighted by atomic mass is 35.5. The number of carbonyl (C=O) groups excluding carboxylic acids is 1. The molecule has 1 N–H and O–H groups in total. The van der Waals surface area contributed by atoms with Gasteiger partial charge in [-0.2, -0.15) is 0 Å². The third kappa shape index (κ3) is 4.90. The average Bonchev–Trinajstić information content (AvgIpc) is 2.33. The van der Waals surface area contributed by atoms with Gasteiger partial charge in [0, 0.05) is 10.4 Å². The van der Waals surface area contributed by atoms with E-state index in [2.05, 4.69) is 5.32 Å². The second-order valence-corrected chi connectivity index (χ2v) is 7.20. The quantitative estimate of drug-likeness (QED) is 0.791. The van der Waals surface area contributed by atoms with Gasteiger partial charge in [-0.05, 0) is 39.3 Å². The zero-order chi connectivity index (χ0) is 14.6. The Bertz CT molecular complexity index is 443. The lowest BCUT2D eigenvalue weighted by atomic mass is 10.0. The van der Waals surface area contributed by atoms with E-state index in [4.69, 9.17) is 23.2 Å². The topological polar surface area (TPSA) is 29.1 Å². The van der Waals surface area contributed by atoms with E-state index in [1.165, 1.54) is 11.8 Å². The summed E-state index contributed by atoms with van der Waals surface area (Å²) < 4.78 is 0. The number of nitrogens with one attached hydrogen (secondary N) is 1. The molecule has 0 saturated carbocycles. The Labute approximate surface area is 129 Å². The Morgan fingerprint density at radius 3 is 2.37 bits per heavy atom. The number of thioether (sulfide) groups is 1. The molecule has 0 radical (unpaired) electrons. The molecule has 1 unspecified atom stereocenters. The zero-order valence-electron chi connectivity index (χ0n) is 11.6. The van der Waals surface area contributed by atoms with E-state index in [1.54, 1.807) is 18.2 Å². The lowest BCUT2D eigenvalue weighted by Crippen LogP contribution is -2.46. The third-order valence-electron chi connectivity index (χ3n) is 2.93. The normalized spacial score (nSPS) is 13.2. The molecule has 0 aliphatic rings. The van der Waals surface area contributed by atoms with Crippen LogP contribution in [-0.4, -0.2) is 16.7 Å². The molecule has 1 atom stereocenters. The summed E-state index contributed by atoms with van der Waals surface area (Å²) in [6, 6.07) is 5.34. The minimum absolute atomic E-state index is 0.00663. The van der Waals surface area contributed by atoms with Crippen molar-refractivity contribution < 1.29 is 4.79 Å². The Morgan fingerprint density at radius 1 is 1.37 bits per heavy atom. The monoisotopic (exact) mass is 319 g/mol. The van der Waals surface area contributed by atoms with E-state index in [1.807, 2.05) is 27.7 Å². The molecule has 0 fully saturated rings. The smallest absolute Gasteiger partial charge is 0.233 e. The van der Waals surface area contributed by atoms with E-state index in [-0.39, 0.29) is 16.7 Å². The molecular weight excluding hydrogens is 301 g/mol. The Balaban J connectivity index is 2.75. The number of rotatable bonds is 5. The minimum Gasteiger partial charge on any atom is -0.350 e. The van der Waals surface area contributed by atoms with Gasteiger partial charge in [-0.1, -0.05) is 36.2 Å². The van der Waals surface area contributed by atoms with Crippen molar-refractivity contribution in [3.63, 3.8) is 0 Å². The van der Waals surface area contributed by atoms with Crippen molar-refractivity contribution in [2.75, 3.05) is 0 Å². The van der Waals surface area contributed by atoms with Crippen molar-refractivity contribution in [3.05, 3.63) is 28.2 Å². The molecule has 2 nitrogen and oxygen atoms in total. The summed E-state index contributed by atoms with van der Waals surface area (Å²) in [5, 5.41) is 3.92. The first-order valence-electron chi connectivity index (χ1n) is 6.19. The Kier molecular flexibility index (Phi) is 6.03. The zero-order valence-corrected chi connectivity index (χ0v) is 13.9. The SMILES string of the molecule is CCC(C)(C)NC(=O)C(C)Sc1c(Cl)cccc1Cl. The first kappa shape index (κ1) is 16.7. The van der Waals surface area contributed by atoms with Crippen LogP contribution in [0.3, 0.4) is 0 Å². The highest BCUT2D eigenvalue weighted by Gasteiger charge is 2.23. The minimum atomic E-state index is -0.247. The predicted molar refractivity (Wildman–Crippen MR) is 84.3 cm³/mol. The van der Waals surface area contributed by atoms with Gasteiger partial charge in [0.2, 0.25) is 5.91 Å². The number of hydrogen-bond donors (Lipinski definition) is 1. The highest BCUT2D eigenvalue weighted by Crippen LogP contribution is 2.36. The lowest BCUT2D eigenvalue weighted by molar-refractivity contribution is -0.121. The molecule has 1 aromatic carbocycles. The van der Waals surface area contributed by atoms with Gasteiger partial charge in [0.1, 0.15) is 0 Å². The summed E-state index contributed by atoms with van der Waals surface area (Å²) in [5.41, 5.74) is -0.198.